The van der Waals surface area contributed by atoms with Gasteiger partial charge in [0, 0.05) is 24.0 Å². The van der Waals surface area contributed by atoms with E-state index in [0.29, 0.717) is 29.3 Å². The number of carbonyl (C=O) groups is 2. The minimum atomic E-state index is -4.83. The van der Waals surface area contributed by atoms with E-state index in [9.17, 15) is 29.3 Å². The molecule has 424 valence electrons. The summed E-state index contributed by atoms with van der Waals surface area (Å²) < 4.78 is 25.0. The molecule has 0 rings (SSSR count). The molecule has 0 fully saturated rings. The molecule has 0 aromatic carbocycles. The molecule has 0 aromatic heterocycles. The van der Waals surface area contributed by atoms with Crippen LogP contribution in [0.1, 0.15) is 297 Å². The fraction of sp³-hybridized carbons (Fsp3) is 0.871. The van der Waals surface area contributed by atoms with Gasteiger partial charge in [-0.25, -0.2) is 4.57 Å². The minimum absolute atomic E-state index is 0.0605. The molecule has 0 aliphatic heterocycles. The number of allylic oxidation sites excluding steroid dienone is 5. The van der Waals surface area contributed by atoms with E-state index < -0.39 is 33.2 Å². The average molecular weight is 1040 g/mol. The standard InChI is InChI=1S/C62H118NO8P/c1-7-10-13-16-19-22-25-28-31-34-37-40-43-46-49-52-59(66)58(51-48-45-42-39-36-33-30-27-24-21-18-15-12-9-3)62(61(54-63(4,5)6)71-72(68,69)70-56-57(65)55-64)60(67)53-50-47-44-41-38-35-32-29-26-23-20-17-14-11-8-2/h28-29,31-32,57,61,64-65H,7-27,30,33-56H2,1-6H3/p+1/b31-28-,32-29-,62-58?. The molecule has 3 unspecified atom stereocenters. The Kier molecular flexibility index (Phi) is 49.4. The van der Waals surface area contributed by atoms with Gasteiger partial charge in [-0.3, -0.25) is 18.6 Å². The number of carbonyl (C=O) groups excluding carboxylic acids is 2. The predicted molar refractivity (Wildman–Crippen MR) is 308 cm³/mol. The third kappa shape index (κ3) is 45.9. The van der Waals surface area contributed by atoms with Gasteiger partial charge in [0.05, 0.1) is 34.4 Å². The Labute approximate surface area is 445 Å². The molecule has 0 amide bonds. The first-order valence-corrected chi connectivity index (χ1v) is 32.2. The number of likely N-dealkylation sites (N-methyl/N-ethyl adjacent to an activating group) is 1. The number of hydrogen-bond donors (Lipinski definition) is 3. The second-order valence-electron chi connectivity index (χ2n) is 22.4. The van der Waals surface area contributed by atoms with Crippen LogP contribution in [0.15, 0.2) is 35.5 Å². The largest absolute Gasteiger partial charge is 0.473 e. The molecule has 3 N–H and O–H groups in total. The van der Waals surface area contributed by atoms with Gasteiger partial charge in [-0.1, -0.05) is 231 Å². The molecule has 0 aliphatic rings. The lowest BCUT2D eigenvalue weighted by Crippen LogP contribution is -2.44. The van der Waals surface area contributed by atoms with Crippen molar-refractivity contribution in [2.45, 2.75) is 309 Å². The molecular weight excluding hydrogens is 918 g/mol. The number of Topliss-reactive ketones (excluding diaryl/α,β-unsaturated/α-hetero) is 2. The van der Waals surface area contributed by atoms with Crippen molar-refractivity contribution >= 4 is 19.4 Å². The summed E-state index contributed by atoms with van der Waals surface area (Å²) in [4.78, 5) is 40.3. The number of phosphoric acid groups is 1. The number of aliphatic hydroxyl groups is 2. The summed E-state index contributed by atoms with van der Waals surface area (Å²) in [5.74, 6) is -0.255. The summed E-state index contributed by atoms with van der Waals surface area (Å²) in [6, 6.07) is 0. The van der Waals surface area contributed by atoms with E-state index in [4.69, 9.17) is 9.05 Å². The maximum Gasteiger partial charge on any atom is 0.473 e. The maximum absolute atomic E-state index is 14.7. The molecule has 0 bridgehead atoms. The van der Waals surface area contributed by atoms with Gasteiger partial charge in [0.25, 0.3) is 0 Å². The van der Waals surface area contributed by atoms with Crippen molar-refractivity contribution in [1.29, 1.82) is 0 Å². The van der Waals surface area contributed by atoms with Crippen LogP contribution in [0.4, 0.5) is 0 Å². The highest BCUT2D eigenvalue weighted by Gasteiger charge is 2.38. The minimum Gasteiger partial charge on any atom is -0.394 e. The number of aliphatic hydroxyl groups excluding tert-OH is 2. The van der Waals surface area contributed by atoms with Crippen molar-refractivity contribution in [2.24, 2.45) is 0 Å². The average Bonchev–Trinajstić information content (AvgIpc) is 3.34. The van der Waals surface area contributed by atoms with Crippen LogP contribution in [-0.2, 0) is 23.2 Å². The molecule has 0 saturated heterocycles. The van der Waals surface area contributed by atoms with Crippen LogP contribution in [0.3, 0.4) is 0 Å². The highest BCUT2D eigenvalue weighted by Crippen LogP contribution is 2.47. The Morgan fingerprint density at radius 3 is 1.11 bits per heavy atom. The number of rotatable bonds is 56. The lowest BCUT2D eigenvalue weighted by molar-refractivity contribution is -0.872. The first-order chi connectivity index (χ1) is 34.8. The molecule has 0 radical (unpaired) electrons. The summed E-state index contributed by atoms with van der Waals surface area (Å²) >= 11 is 0. The van der Waals surface area contributed by atoms with E-state index in [2.05, 4.69) is 45.1 Å². The van der Waals surface area contributed by atoms with Gasteiger partial charge in [-0.05, 0) is 77.0 Å². The van der Waals surface area contributed by atoms with Crippen molar-refractivity contribution in [3.8, 4) is 0 Å². The van der Waals surface area contributed by atoms with Gasteiger partial charge < -0.3 is 19.6 Å². The fourth-order valence-electron chi connectivity index (χ4n) is 9.56. The van der Waals surface area contributed by atoms with Crippen molar-refractivity contribution in [3.05, 3.63) is 35.5 Å². The van der Waals surface area contributed by atoms with Gasteiger partial charge in [-0.15, -0.1) is 0 Å². The zero-order valence-electron chi connectivity index (χ0n) is 48.3. The maximum atomic E-state index is 14.7. The predicted octanol–water partition coefficient (Wildman–Crippen LogP) is 17.9. The van der Waals surface area contributed by atoms with Crippen LogP contribution in [0, 0.1) is 0 Å². The van der Waals surface area contributed by atoms with Gasteiger partial charge in [0.2, 0.25) is 0 Å². The van der Waals surface area contributed by atoms with Gasteiger partial charge in [-0.2, -0.15) is 0 Å². The topological polar surface area (TPSA) is 130 Å². The molecular formula is C62H119NO8P+. The van der Waals surface area contributed by atoms with E-state index in [1.165, 1.54) is 148 Å². The number of phosphoric ester groups is 1. The number of hydrogen-bond acceptors (Lipinski definition) is 7. The molecule has 0 aromatic rings. The lowest BCUT2D eigenvalue weighted by atomic mass is 9.87. The van der Waals surface area contributed by atoms with Crippen LogP contribution < -0.4 is 0 Å². The molecule has 3 atom stereocenters. The van der Waals surface area contributed by atoms with Gasteiger partial charge >= 0.3 is 7.82 Å². The van der Waals surface area contributed by atoms with E-state index in [1.807, 2.05) is 21.1 Å². The Bertz CT molecular complexity index is 1390. The van der Waals surface area contributed by atoms with Crippen LogP contribution in [0.2, 0.25) is 0 Å². The van der Waals surface area contributed by atoms with Crippen LogP contribution >= 0.6 is 7.82 Å². The Hall–Kier alpha value is -1.45. The Balaban J connectivity index is 6.03. The summed E-state index contributed by atoms with van der Waals surface area (Å²) in [5, 5.41) is 19.4. The Morgan fingerprint density at radius 2 is 0.778 bits per heavy atom. The smallest absolute Gasteiger partial charge is 0.394 e. The molecule has 0 spiro atoms. The van der Waals surface area contributed by atoms with Crippen molar-refractivity contribution in [1.82, 2.24) is 0 Å². The first-order valence-electron chi connectivity index (χ1n) is 30.7. The highest BCUT2D eigenvalue weighted by atomic mass is 31.2. The molecule has 0 saturated carbocycles. The second-order valence-corrected chi connectivity index (χ2v) is 23.8. The van der Waals surface area contributed by atoms with Gasteiger partial charge in [0.1, 0.15) is 18.8 Å². The summed E-state index contributed by atoms with van der Waals surface area (Å²) in [5.41, 5.74) is 0.683. The normalized spacial score (nSPS) is 14.3. The van der Waals surface area contributed by atoms with E-state index in [0.717, 1.165) is 103 Å². The third-order valence-corrected chi connectivity index (χ3v) is 15.0. The van der Waals surface area contributed by atoms with Crippen molar-refractivity contribution in [2.75, 3.05) is 40.9 Å². The van der Waals surface area contributed by atoms with Crippen LogP contribution in [-0.4, -0.2) is 84.3 Å². The highest BCUT2D eigenvalue weighted by molar-refractivity contribution is 7.47. The fourth-order valence-corrected chi connectivity index (χ4v) is 10.5. The Morgan fingerprint density at radius 1 is 0.472 bits per heavy atom. The zero-order valence-corrected chi connectivity index (χ0v) is 49.2. The quantitative estimate of drug-likeness (QED) is 0.0181. The molecule has 0 heterocycles. The number of nitrogens with zero attached hydrogens (tertiary/aromatic N) is 1. The van der Waals surface area contributed by atoms with E-state index in [1.54, 1.807) is 0 Å². The monoisotopic (exact) mass is 1040 g/mol. The molecule has 9 nitrogen and oxygen atoms in total. The second kappa shape index (κ2) is 50.4. The van der Waals surface area contributed by atoms with Crippen LogP contribution in [0.25, 0.3) is 0 Å². The van der Waals surface area contributed by atoms with Crippen molar-refractivity contribution in [3.63, 3.8) is 0 Å². The van der Waals surface area contributed by atoms with Crippen molar-refractivity contribution < 1.29 is 42.8 Å². The summed E-state index contributed by atoms with van der Waals surface area (Å²) in [7, 11) is 0.964. The van der Waals surface area contributed by atoms with Gasteiger partial charge in [0.15, 0.2) is 11.6 Å². The molecule has 10 heteroatoms. The number of quaternary nitrogens is 1. The SMILES string of the molecule is CCCCCCCC/C=C\CCCCCCCC(=O)C(CCCCCCCCCCCCCCCC)=C(C(=O)CCCCCCC/C=C\CCCCCCCC)C(C[N+](C)(C)C)OP(=O)(O)OCC(O)CO. The molecule has 0 aliphatic carbocycles. The lowest BCUT2D eigenvalue weighted by Gasteiger charge is -2.32. The number of unbranched alkanes of at least 4 members (excludes halogenated alkanes) is 35. The zero-order chi connectivity index (χ0) is 53.2. The first kappa shape index (κ1) is 70.5. The third-order valence-electron chi connectivity index (χ3n) is 14.0. The molecule has 72 heavy (non-hydrogen) atoms. The number of ketones is 2. The summed E-state index contributed by atoms with van der Waals surface area (Å²) in [6.07, 6.45) is 54.9. The van der Waals surface area contributed by atoms with Crippen LogP contribution in [0.5, 0.6) is 0 Å². The van der Waals surface area contributed by atoms with E-state index >= 15 is 0 Å². The summed E-state index contributed by atoms with van der Waals surface area (Å²) in [6.45, 7) is 5.69. The van der Waals surface area contributed by atoms with E-state index in [-0.39, 0.29) is 30.1 Å².